The number of primary amides is 1. The van der Waals surface area contributed by atoms with Gasteiger partial charge in [-0.15, -0.1) is 0 Å². The molecule has 28 nitrogen and oxygen atoms in total. The molecule has 0 radical (unpaired) electrons. The molecule has 0 aromatic heterocycles. The van der Waals surface area contributed by atoms with Crippen LogP contribution in [0.5, 0.6) is 40.2 Å². The molecule has 0 spiro atoms. The number of carbonyl (C=O) groups is 9. The van der Waals surface area contributed by atoms with Crippen LogP contribution in [0.1, 0.15) is 110 Å². The van der Waals surface area contributed by atoms with E-state index in [0.29, 0.717) is 5.56 Å². The molecule has 0 saturated carbocycles. The van der Waals surface area contributed by atoms with E-state index in [2.05, 4.69) is 41.0 Å². The summed E-state index contributed by atoms with van der Waals surface area (Å²) in [6, 6.07) is 8.00. The highest BCUT2D eigenvalue weighted by molar-refractivity contribution is 6.32. The Kier molecular flexibility index (Phi) is 25.2. The maximum absolute atomic E-state index is 16.3. The first-order valence-electron chi connectivity index (χ1n) is 32.8. The molecule has 1 fully saturated rings. The van der Waals surface area contributed by atoms with Crippen molar-refractivity contribution < 1.29 is 107 Å². The Bertz CT molecular complexity index is 4150. The molecule has 6 aliphatic heterocycles. The van der Waals surface area contributed by atoms with Crippen LogP contribution in [0.25, 0.3) is 11.1 Å². The molecular weight excluding hydrogens is 1380 g/mol. The van der Waals surface area contributed by atoms with Gasteiger partial charge in [-0.3, -0.25) is 43.3 Å². The zero-order valence-corrected chi connectivity index (χ0v) is 58.2. The average Bonchev–Trinajstić information content (AvgIpc) is 0.765. The van der Waals surface area contributed by atoms with Crippen molar-refractivity contribution in [1.82, 2.24) is 26.2 Å². The van der Waals surface area contributed by atoms with Crippen LogP contribution in [0.3, 0.4) is 0 Å². The van der Waals surface area contributed by atoms with Gasteiger partial charge in [-0.05, 0) is 114 Å². The minimum Gasteiger partial charge on any atom is -0.489 e. The van der Waals surface area contributed by atoms with E-state index in [9.17, 15) is 49.8 Å². The number of halogens is 2. The molecule has 548 valence electrons. The lowest BCUT2D eigenvalue weighted by Crippen LogP contribution is -2.60. The highest BCUT2D eigenvalue weighted by Crippen LogP contribution is 2.50. The molecule has 30 heteroatoms. The van der Waals surface area contributed by atoms with E-state index < -0.39 is 181 Å². The van der Waals surface area contributed by atoms with Crippen molar-refractivity contribution in [1.29, 1.82) is 0 Å². The maximum atomic E-state index is 16.3. The van der Waals surface area contributed by atoms with Gasteiger partial charge in [-0.25, -0.2) is 4.79 Å². The third kappa shape index (κ3) is 17.5. The molecule has 103 heavy (non-hydrogen) atoms. The number of benzene rings is 5. The minimum absolute atomic E-state index is 0.00313. The van der Waals surface area contributed by atoms with Crippen LogP contribution < -0.4 is 50.7 Å². The highest BCUT2D eigenvalue weighted by atomic mass is 35.5. The Morgan fingerprint density at radius 2 is 1.32 bits per heavy atom. The summed E-state index contributed by atoms with van der Waals surface area (Å²) in [6.45, 7) is 16.2. The lowest BCUT2D eigenvalue weighted by atomic mass is 9.84. The number of nitrogens with zero attached hydrogens (tertiary/aromatic N) is 1. The third-order valence-corrected chi connectivity index (χ3v) is 18.3. The van der Waals surface area contributed by atoms with E-state index in [1.807, 2.05) is 0 Å². The summed E-state index contributed by atoms with van der Waals surface area (Å²) in [6.07, 6.45) is -13.6. The summed E-state index contributed by atoms with van der Waals surface area (Å²) < 4.78 is 43.1. The van der Waals surface area contributed by atoms with E-state index in [-0.39, 0.29) is 104 Å². The maximum Gasteiger partial charge on any atom is 0.410 e. The van der Waals surface area contributed by atoms with Crippen LogP contribution in [0.4, 0.5) is 4.79 Å². The minimum atomic E-state index is -2.14. The molecule has 11 rings (SSSR count). The molecule has 5 aromatic rings. The predicted octanol–water partition coefficient (Wildman–Crippen LogP) is 5.71. The fraction of sp³-hybridized carbons (Fsp3) is 0.384. The van der Waals surface area contributed by atoms with Crippen LogP contribution in [0.15, 0.2) is 117 Å². The number of aryl methyl sites for hydroxylation is 1. The first-order valence-corrected chi connectivity index (χ1v) is 33.5. The van der Waals surface area contributed by atoms with Crippen molar-refractivity contribution in [3.05, 3.63) is 160 Å². The molecule has 6 heterocycles. The van der Waals surface area contributed by atoms with Gasteiger partial charge in [0, 0.05) is 37.4 Å². The Morgan fingerprint density at radius 3 is 1.90 bits per heavy atom. The van der Waals surface area contributed by atoms with Gasteiger partial charge in [0.1, 0.15) is 110 Å². The number of hydrogen-bond acceptors (Lipinski definition) is 22. The van der Waals surface area contributed by atoms with Crippen molar-refractivity contribution in [2.45, 2.75) is 132 Å². The second-order valence-electron chi connectivity index (χ2n) is 25.7. The van der Waals surface area contributed by atoms with Gasteiger partial charge in [0.2, 0.25) is 41.6 Å². The number of hydrogen-bond donors (Lipinski definition) is 11. The van der Waals surface area contributed by atoms with Crippen LogP contribution >= 0.6 is 23.2 Å². The fourth-order valence-corrected chi connectivity index (χ4v) is 12.9. The van der Waals surface area contributed by atoms with Crippen molar-refractivity contribution in [3.8, 4) is 51.4 Å². The van der Waals surface area contributed by atoms with Crippen LogP contribution in [-0.4, -0.2) is 171 Å². The van der Waals surface area contributed by atoms with Crippen molar-refractivity contribution in [2.75, 3.05) is 33.5 Å². The van der Waals surface area contributed by atoms with Gasteiger partial charge in [-0.1, -0.05) is 99.3 Å². The molecule has 11 bridgehead atoms. The normalized spacial score (nSPS) is 24.4. The second-order valence-corrected chi connectivity index (χ2v) is 26.5. The third-order valence-electron chi connectivity index (χ3n) is 17.7. The number of aliphatic hydroxyl groups is 6. The Balaban J connectivity index is 1.33. The zero-order chi connectivity index (χ0) is 75.0. The molecule has 14 atom stereocenters. The van der Waals surface area contributed by atoms with E-state index in [1.165, 1.54) is 80.7 Å². The molecule has 12 N–H and O–H groups in total. The van der Waals surface area contributed by atoms with E-state index in [0.717, 1.165) is 23.1 Å². The lowest BCUT2D eigenvalue weighted by Gasteiger charge is -2.39. The number of carbonyl (C=O) groups excluding carboxylic acids is 9. The fourth-order valence-electron chi connectivity index (χ4n) is 12.5. The predicted molar refractivity (Wildman–Crippen MR) is 370 cm³/mol. The SMILES string of the molecule is C=CCOC(=O)N(C)[C@H](CC(C)C)C(=O)N[C@H]1C(=O)C[C@@H](CC(N)=O)C(=O)N[C@H]2C(=O)C[C@H]3C(=O)N[C@@H](C(=O)N[C@H](C(C)=O)c4cc(C)cc(OCC=C)c4-c4cc3ccc4OCC=C)[C@H](O)c3ccc(c(Cl)c3)Oc3cc2cc(c3OC2OC(CO)C(O)C(O)C2O)Oc2ccc(cc2Cl)[C@H]1O. The van der Waals surface area contributed by atoms with Crippen LogP contribution in [0, 0.1) is 18.8 Å². The zero-order valence-electron chi connectivity index (χ0n) is 56.7. The number of fused-ring (bicyclic) bond motifs is 15. The van der Waals surface area contributed by atoms with Gasteiger partial charge in [0.25, 0.3) is 0 Å². The molecule has 1 saturated heterocycles. The van der Waals surface area contributed by atoms with E-state index in [1.54, 1.807) is 32.9 Å². The number of rotatable bonds is 19. The topological polar surface area (TPSA) is 417 Å². The lowest BCUT2D eigenvalue weighted by molar-refractivity contribution is -0.277. The first-order chi connectivity index (χ1) is 49.0. The number of Topliss-reactive ketones (excluding diaryl/α,β-unsaturated/α-hetero) is 3. The van der Waals surface area contributed by atoms with Crippen molar-refractivity contribution in [2.24, 2.45) is 17.6 Å². The first kappa shape index (κ1) is 77.4. The Hall–Kier alpha value is -9.75. The summed E-state index contributed by atoms with van der Waals surface area (Å²) in [7, 11) is 1.27. The number of amides is 6. The van der Waals surface area contributed by atoms with E-state index in [4.69, 9.17) is 62.1 Å². The molecule has 5 aromatic carbocycles. The summed E-state index contributed by atoms with van der Waals surface area (Å²) in [5, 5.41) is 78.6. The smallest absolute Gasteiger partial charge is 0.410 e. The number of aliphatic hydroxyl groups excluding tert-OH is 6. The van der Waals surface area contributed by atoms with Gasteiger partial charge in [0.15, 0.2) is 28.8 Å². The second kappa shape index (κ2) is 33.6. The number of likely N-dealkylation sites (N-methyl/N-ethyl adjacent to an activating group) is 1. The van der Waals surface area contributed by atoms with Gasteiger partial charge in [0.05, 0.1) is 28.5 Å². The van der Waals surface area contributed by atoms with Crippen LogP contribution in [-0.2, 0) is 47.8 Å². The average molecular weight is 1460 g/mol. The molecule has 6 aliphatic rings. The molecule has 5 unspecified atom stereocenters. The number of nitrogens with one attached hydrogen (secondary N) is 4. The summed E-state index contributed by atoms with van der Waals surface area (Å²) in [5.41, 5.74) is 6.25. The number of nitrogens with two attached hydrogens (primary N) is 1. The molecule has 0 aliphatic carbocycles. The van der Waals surface area contributed by atoms with E-state index >= 15 is 24.0 Å². The number of ether oxygens (including phenoxy) is 7. The standard InChI is InChI=1S/C73H80Cl2N6O22/c1-9-18-97-49-15-12-36-24-42(49)57-43(22-34(6)23-52(57)98-19-10-2)58(35(7)83)77-71(95)61-63(88)38-14-17-51(45(75)26-38)101-54-29-39-28-53(67(54)103-72-66(91)65(90)64(89)55(32-82)102-72)100-50-16-13-37(25-44(50)74)62(87)60(79-70(94)46(21-33(4)5)81(8)73(96)99-20-11-3)47(84)27-40(30-56(76)86)68(92)78-59(39)48(85)31-41(36)69(93)80-61/h9-17,22-26,28-29,33,40-41,46,55,58-66,72,82,87-91H,1-3,18-21,27,30-32H2,4-8H3,(H2,76,86)(H,77,95)(H,78,92)(H,79,94)(H,80,93)/t40-,41+,46+,55?,58+,59+,60-,61+,62+,63+,64?,65?,66?,72?/m0/s1. The van der Waals surface area contributed by atoms with Crippen molar-refractivity contribution in [3.63, 3.8) is 0 Å². The largest absolute Gasteiger partial charge is 0.489 e. The monoisotopic (exact) mass is 1460 g/mol. The Morgan fingerprint density at radius 1 is 0.709 bits per heavy atom. The molecular formula is C73H80Cl2N6O22. The van der Waals surface area contributed by atoms with Crippen LogP contribution in [0.2, 0.25) is 10.0 Å². The van der Waals surface area contributed by atoms with Crippen molar-refractivity contribution >= 4 is 76.2 Å². The number of ketones is 3. The molecule has 6 amide bonds. The van der Waals surface area contributed by atoms with Gasteiger partial charge < -0.3 is 90.8 Å². The van der Waals surface area contributed by atoms with Gasteiger partial charge >= 0.3 is 6.09 Å². The highest BCUT2D eigenvalue weighted by Gasteiger charge is 2.47. The quantitative estimate of drug-likeness (QED) is 0.0441. The summed E-state index contributed by atoms with van der Waals surface area (Å²) in [4.78, 5) is 134. The summed E-state index contributed by atoms with van der Waals surface area (Å²) in [5.74, 6) is -14.5. The Labute approximate surface area is 601 Å². The van der Waals surface area contributed by atoms with Gasteiger partial charge in [-0.2, -0.15) is 0 Å². The summed E-state index contributed by atoms with van der Waals surface area (Å²) >= 11 is 14.1.